The fourth-order valence-corrected chi connectivity index (χ4v) is 4.55. The minimum atomic E-state index is -3.74. The Hall–Kier alpha value is -3.63. The molecule has 0 spiro atoms. The minimum absolute atomic E-state index is 0.120. The van der Waals surface area contributed by atoms with Crippen LogP contribution in [0.15, 0.2) is 76.5 Å². The van der Waals surface area contributed by atoms with Gasteiger partial charge in [-0.05, 0) is 81.3 Å². The van der Waals surface area contributed by atoms with Gasteiger partial charge in [0, 0.05) is 5.56 Å². The normalized spacial score (nSPS) is 11.5. The SMILES string of the molecule is Cc1ccc(S(=O)(=O)c2ccccc2)cc1-c1cc(C#N)ccc1OCC(=O)OC(C)(C)C. The molecule has 0 atom stereocenters. The second-order valence-corrected chi connectivity index (χ2v) is 10.4. The first kappa shape index (κ1) is 24.0. The smallest absolute Gasteiger partial charge is 0.344 e. The maximum absolute atomic E-state index is 13.1. The summed E-state index contributed by atoms with van der Waals surface area (Å²) in [6.45, 7) is 6.81. The number of rotatable bonds is 6. The standard InChI is InChI=1S/C26H25NO5S/c1-18-10-12-21(33(29,30)20-8-6-5-7-9-20)15-22(18)23-14-19(16-27)11-13-24(23)31-17-25(28)32-26(2,3)4/h5-15H,17H2,1-4H3. The maximum Gasteiger partial charge on any atom is 0.344 e. The monoisotopic (exact) mass is 463 g/mol. The van der Waals surface area contributed by atoms with E-state index in [9.17, 15) is 18.5 Å². The van der Waals surface area contributed by atoms with Crippen LogP contribution in [0.3, 0.4) is 0 Å². The number of hydrogen-bond donors (Lipinski definition) is 0. The van der Waals surface area contributed by atoms with Gasteiger partial charge in [0.25, 0.3) is 0 Å². The summed E-state index contributed by atoms with van der Waals surface area (Å²) in [5.41, 5.74) is 1.62. The van der Waals surface area contributed by atoms with E-state index >= 15 is 0 Å². The molecule has 170 valence electrons. The minimum Gasteiger partial charge on any atom is -0.481 e. The van der Waals surface area contributed by atoms with Crippen LogP contribution in [0.1, 0.15) is 31.9 Å². The van der Waals surface area contributed by atoms with Crippen molar-refractivity contribution in [3.63, 3.8) is 0 Å². The number of benzene rings is 3. The molecule has 3 aromatic rings. The summed E-state index contributed by atoms with van der Waals surface area (Å²) in [4.78, 5) is 12.4. The number of hydrogen-bond acceptors (Lipinski definition) is 6. The summed E-state index contributed by atoms with van der Waals surface area (Å²) in [6, 6.07) is 19.9. The summed E-state index contributed by atoms with van der Waals surface area (Å²) in [6.07, 6.45) is 0. The summed E-state index contributed by atoms with van der Waals surface area (Å²) in [7, 11) is -3.74. The van der Waals surface area contributed by atoms with E-state index in [-0.39, 0.29) is 16.4 Å². The average Bonchev–Trinajstić information content (AvgIpc) is 2.77. The van der Waals surface area contributed by atoms with Gasteiger partial charge in [0.1, 0.15) is 11.4 Å². The highest BCUT2D eigenvalue weighted by Gasteiger charge is 2.21. The highest BCUT2D eigenvalue weighted by atomic mass is 32.2. The van der Waals surface area contributed by atoms with Crippen LogP contribution in [-0.2, 0) is 19.4 Å². The quantitative estimate of drug-likeness (QED) is 0.473. The Balaban J connectivity index is 2.04. The van der Waals surface area contributed by atoms with Gasteiger partial charge in [-0.2, -0.15) is 5.26 Å². The highest BCUT2D eigenvalue weighted by molar-refractivity contribution is 7.91. The van der Waals surface area contributed by atoms with Gasteiger partial charge >= 0.3 is 5.97 Å². The Morgan fingerprint density at radius 1 is 0.939 bits per heavy atom. The molecule has 0 fully saturated rings. The predicted molar refractivity (Wildman–Crippen MR) is 125 cm³/mol. The highest BCUT2D eigenvalue weighted by Crippen LogP contribution is 2.35. The van der Waals surface area contributed by atoms with Crippen LogP contribution in [-0.4, -0.2) is 26.6 Å². The molecule has 0 aliphatic rings. The van der Waals surface area contributed by atoms with E-state index in [4.69, 9.17) is 9.47 Å². The Bertz CT molecular complexity index is 1320. The van der Waals surface area contributed by atoms with E-state index in [0.29, 0.717) is 22.4 Å². The Kier molecular flexibility index (Phi) is 6.89. The summed E-state index contributed by atoms with van der Waals surface area (Å²) in [5.74, 6) is -0.188. The first-order valence-corrected chi connectivity index (χ1v) is 11.8. The van der Waals surface area contributed by atoms with E-state index in [1.54, 1.807) is 87.5 Å². The molecule has 0 aliphatic heterocycles. The van der Waals surface area contributed by atoms with Crippen molar-refractivity contribution in [2.75, 3.05) is 6.61 Å². The predicted octanol–water partition coefficient (Wildman–Crippen LogP) is 5.09. The van der Waals surface area contributed by atoms with Crippen molar-refractivity contribution in [3.05, 3.63) is 77.9 Å². The topological polar surface area (TPSA) is 93.5 Å². The van der Waals surface area contributed by atoms with Crippen LogP contribution in [0.4, 0.5) is 0 Å². The number of ether oxygens (including phenoxy) is 2. The molecule has 0 radical (unpaired) electrons. The van der Waals surface area contributed by atoms with Gasteiger partial charge in [-0.25, -0.2) is 13.2 Å². The molecule has 0 heterocycles. The average molecular weight is 464 g/mol. The van der Waals surface area contributed by atoms with Crippen molar-refractivity contribution in [1.82, 2.24) is 0 Å². The van der Waals surface area contributed by atoms with Crippen molar-refractivity contribution in [2.45, 2.75) is 43.1 Å². The largest absolute Gasteiger partial charge is 0.481 e. The summed E-state index contributed by atoms with van der Waals surface area (Å²) >= 11 is 0. The lowest BCUT2D eigenvalue weighted by molar-refractivity contribution is -0.157. The molecule has 6 nitrogen and oxygen atoms in total. The van der Waals surface area contributed by atoms with Gasteiger partial charge in [-0.1, -0.05) is 24.3 Å². The zero-order valence-electron chi connectivity index (χ0n) is 19.0. The first-order valence-electron chi connectivity index (χ1n) is 10.3. The van der Waals surface area contributed by atoms with Crippen molar-refractivity contribution in [3.8, 4) is 22.9 Å². The Morgan fingerprint density at radius 2 is 1.64 bits per heavy atom. The molecule has 3 aromatic carbocycles. The van der Waals surface area contributed by atoms with Crippen LogP contribution in [0, 0.1) is 18.3 Å². The number of carbonyl (C=O) groups excluding carboxylic acids is 1. The molecule has 33 heavy (non-hydrogen) atoms. The van der Waals surface area contributed by atoms with Crippen LogP contribution < -0.4 is 4.74 Å². The molecule has 0 saturated heterocycles. The molecule has 7 heteroatoms. The molecular formula is C26H25NO5S. The maximum atomic E-state index is 13.1. The lowest BCUT2D eigenvalue weighted by Crippen LogP contribution is -2.27. The second-order valence-electron chi connectivity index (χ2n) is 8.49. The van der Waals surface area contributed by atoms with Gasteiger partial charge in [0.2, 0.25) is 9.84 Å². The van der Waals surface area contributed by atoms with Crippen LogP contribution in [0.5, 0.6) is 5.75 Å². The fourth-order valence-electron chi connectivity index (χ4n) is 3.24. The lowest BCUT2D eigenvalue weighted by Gasteiger charge is -2.20. The third-order valence-electron chi connectivity index (χ3n) is 4.74. The third kappa shape index (κ3) is 5.79. The number of carbonyl (C=O) groups is 1. The fraction of sp³-hybridized carbons (Fsp3) is 0.231. The van der Waals surface area contributed by atoms with E-state index in [1.807, 2.05) is 6.92 Å². The van der Waals surface area contributed by atoms with Crippen LogP contribution in [0.25, 0.3) is 11.1 Å². The molecule has 0 saturated carbocycles. The molecule has 0 amide bonds. The number of nitrogens with zero attached hydrogens (tertiary/aromatic N) is 1. The van der Waals surface area contributed by atoms with E-state index in [0.717, 1.165) is 5.56 Å². The molecule has 0 N–H and O–H groups in total. The van der Waals surface area contributed by atoms with Crippen LogP contribution >= 0.6 is 0 Å². The second kappa shape index (κ2) is 9.47. The Labute approximate surface area is 194 Å². The number of nitriles is 1. The molecule has 0 bridgehead atoms. The molecular weight excluding hydrogens is 438 g/mol. The Morgan fingerprint density at radius 3 is 2.27 bits per heavy atom. The molecule has 0 aromatic heterocycles. The number of sulfone groups is 1. The van der Waals surface area contributed by atoms with Crippen molar-refractivity contribution in [1.29, 1.82) is 5.26 Å². The molecule has 0 aliphatic carbocycles. The van der Waals surface area contributed by atoms with Crippen molar-refractivity contribution >= 4 is 15.8 Å². The molecule has 0 unspecified atom stereocenters. The number of aryl methyl sites for hydroxylation is 1. The van der Waals surface area contributed by atoms with Gasteiger partial charge in [0.15, 0.2) is 6.61 Å². The van der Waals surface area contributed by atoms with Gasteiger partial charge in [0.05, 0.1) is 21.4 Å². The van der Waals surface area contributed by atoms with Crippen molar-refractivity contribution in [2.24, 2.45) is 0 Å². The van der Waals surface area contributed by atoms with E-state index in [1.165, 1.54) is 0 Å². The zero-order chi connectivity index (χ0) is 24.2. The van der Waals surface area contributed by atoms with Crippen LogP contribution in [0.2, 0.25) is 0 Å². The number of esters is 1. The summed E-state index contributed by atoms with van der Waals surface area (Å²) in [5, 5.41) is 9.39. The van der Waals surface area contributed by atoms with Crippen molar-refractivity contribution < 1.29 is 22.7 Å². The third-order valence-corrected chi connectivity index (χ3v) is 6.50. The van der Waals surface area contributed by atoms with E-state index < -0.39 is 21.4 Å². The summed E-state index contributed by atoms with van der Waals surface area (Å²) < 4.78 is 37.3. The van der Waals surface area contributed by atoms with Gasteiger partial charge < -0.3 is 9.47 Å². The zero-order valence-corrected chi connectivity index (χ0v) is 19.8. The first-order chi connectivity index (χ1) is 15.5. The van der Waals surface area contributed by atoms with E-state index in [2.05, 4.69) is 6.07 Å². The van der Waals surface area contributed by atoms with Gasteiger partial charge in [-0.15, -0.1) is 0 Å². The molecule has 3 rings (SSSR count). The van der Waals surface area contributed by atoms with Gasteiger partial charge in [-0.3, -0.25) is 0 Å². The lowest BCUT2D eigenvalue weighted by atomic mass is 9.98.